The molecule has 0 spiro atoms. The van der Waals surface area contributed by atoms with Gasteiger partial charge in [-0.15, -0.1) is 0 Å². The normalized spacial score (nSPS) is 21.7. The van der Waals surface area contributed by atoms with Gasteiger partial charge in [-0.2, -0.15) is 0 Å². The molecule has 4 nitrogen and oxygen atoms in total. The van der Waals surface area contributed by atoms with Crippen molar-refractivity contribution >= 4 is 16.9 Å². The van der Waals surface area contributed by atoms with Gasteiger partial charge in [0.15, 0.2) is 0 Å². The Kier molecular flexibility index (Phi) is 2.71. The van der Waals surface area contributed by atoms with Crippen molar-refractivity contribution in [3.63, 3.8) is 0 Å². The molecule has 3 rings (SSSR count). The minimum absolute atomic E-state index is 0.751. The van der Waals surface area contributed by atoms with E-state index in [1.54, 1.807) is 6.33 Å². The second-order valence-corrected chi connectivity index (χ2v) is 4.98. The van der Waals surface area contributed by atoms with Crippen LogP contribution in [-0.2, 0) is 0 Å². The van der Waals surface area contributed by atoms with Gasteiger partial charge >= 0.3 is 0 Å². The SMILES string of the molecule is CC1CCCCN(c2ncnc3[nH]ccc23)C1. The summed E-state index contributed by atoms with van der Waals surface area (Å²) in [7, 11) is 0. The quantitative estimate of drug-likeness (QED) is 0.819. The largest absolute Gasteiger partial charge is 0.356 e. The molecule has 90 valence electrons. The second-order valence-electron chi connectivity index (χ2n) is 4.98. The zero-order chi connectivity index (χ0) is 11.7. The summed E-state index contributed by atoms with van der Waals surface area (Å²) in [5, 5.41) is 1.14. The highest BCUT2D eigenvalue weighted by Gasteiger charge is 2.18. The van der Waals surface area contributed by atoms with Crippen LogP contribution in [-0.4, -0.2) is 28.0 Å². The van der Waals surface area contributed by atoms with E-state index in [-0.39, 0.29) is 0 Å². The minimum atomic E-state index is 0.751. The summed E-state index contributed by atoms with van der Waals surface area (Å²) in [4.78, 5) is 14.3. The Labute approximate surface area is 101 Å². The second kappa shape index (κ2) is 4.35. The molecule has 4 heteroatoms. The van der Waals surface area contributed by atoms with Crippen molar-refractivity contribution in [2.45, 2.75) is 26.2 Å². The predicted octanol–water partition coefficient (Wildman–Crippen LogP) is 2.58. The van der Waals surface area contributed by atoms with Gasteiger partial charge in [-0.05, 0) is 24.8 Å². The van der Waals surface area contributed by atoms with Crippen molar-refractivity contribution in [3.8, 4) is 0 Å². The Balaban J connectivity index is 1.99. The first-order valence-corrected chi connectivity index (χ1v) is 6.37. The standard InChI is InChI=1S/C13H18N4/c1-10-4-2-3-7-17(8-10)13-11-5-6-14-12(11)15-9-16-13/h5-6,9-10H,2-4,7-8H2,1H3,(H,14,15,16). The van der Waals surface area contributed by atoms with Crippen LogP contribution in [0.2, 0.25) is 0 Å². The Morgan fingerprint density at radius 3 is 3.24 bits per heavy atom. The van der Waals surface area contributed by atoms with Crippen molar-refractivity contribution in [1.29, 1.82) is 0 Å². The lowest BCUT2D eigenvalue weighted by Gasteiger charge is -2.24. The number of aromatic nitrogens is 3. The molecule has 17 heavy (non-hydrogen) atoms. The highest BCUT2D eigenvalue weighted by molar-refractivity contribution is 5.87. The van der Waals surface area contributed by atoms with E-state index in [0.29, 0.717) is 0 Å². The van der Waals surface area contributed by atoms with Gasteiger partial charge < -0.3 is 9.88 Å². The van der Waals surface area contributed by atoms with Gasteiger partial charge in [-0.25, -0.2) is 9.97 Å². The molecule has 0 aliphatic carbocycles. The van der Waals surface area contributed by atoms with Crippen LogP contribution in [0, 0.1) is 5.92 Å². The average molecular weight is 230 g/mol. The number of nitrogens with zero attached hydrogens (tertiary/aromatic N) is 3. The van der Waals surface area contributed by atoms with E-state index >= 15 is 0 Å². The molecule has 0 saturated carbocycles. The number of hydrogen-bond donors (Lipinski definition) is 1. The molecular formula is C13H18N4. The third kappa shape index (κ3) is 1.99. The van der Waals surface area contributed by atoms with E-state index < -0.39 is 0 Å². The van der Waals surface area contributed by atoms with Crippen LogP contribution < -0.4 is 4.90 Å². The van der Waals surface area contributed by atoms with Gasteiger partial charge in [0, 0.05) is 19.3 Å². The number of rotatable bonds is 1. The average Bonchev–Trinajstić information content (AvgIpc) is 2.71. The van der Waals surface area contributed by atoms with Crippen molar-refractivity contribution in [3.05, 3.63) is 18.6 Å². The summed E-state index contributed by atoms with van der Waals surface area (Å²) in [5.74, 6) is 1.84. The van der Waals surface area contributed by atoms with Crippen LogP contribution in [0.15, 0.2) is 18.6 Å². The summed E-state index contributed by atoms with van der Waals surface area (Å²) in [5.41, 5.74) is 0.937. The van der Waals surface area contributed by atoms with Crippen LogP contribution in [0.25, 0.3) is 11.0 Å². The van der Waals surface area contributed by atoms with Crippen molar-refractivity contribution < 1.29 is 0 Å². The summed E-state index contributed by atoms with van der Waals surface area (Å²) in [6.07, 6.45) is 7.52. The third-order valence-electron chi connectivity index (χ3n) is 3.54. The molecular weight excluding hydrogens is 212 g/mol. The first kappa shape index (κ1) is 10.6. The fourth-order valence-electron chi connectivity index (χ4n) is 2.66. The lowest BCUT2D eigenvalue weighted by atomic mass is 10.1. The van der Waals surface area contributed by atoms with Gasteiger partial charge in [0.05, 0.1) is 5.39 Å². The number of H-pyrrole nitrogens is 1. The molecule has 1 aliphatic heterocycles. The summed E-state index contributed by atoms with van der Waals surface area (Å²) in [6, 6.07) is 2.07. The van der Waals surface area contributed by atoms with E-state index in [9.17, 15) is 0 Å². The first-order chi connectivity index (χ1) is 8.34. The van der Waals surface area contributed by atoms with Gasteiger partial charge in [-0.3, -0.25) is 0 Å². The Hall–Kier alpha value is -1.58. The maximum atomic E-state index is 4.47. The van der Waals surface area contributed by atoms with Crippen molar-refractivity contribution in [2.75, 3.05) is 18.0 Å². The molecule has 0 radical (unpaired) electrons. The van der Waals surface area contributed by atoms with Crippen LogP contribution in [0.1, 0.15) is 26.2 Å². The number of fused-ring (bicyclic) bond motifs is 1. The lowest BCUT2D eigenvalue weighted by molar-refractivity contribution is 0.544. The van der Waals surface area contributed by atoms with Crippen LogP contribution >= 0.6 is 0 Å². The molecule has 1 aliphatic rings. The van der Waals surface area contributed by atoms with Crippen molar-refractivity contribution in [2.24, 2.45) is 5.92 Å². The first-order valence-electron chi connectivity index (χ1n) is 6.37. The molecule has 2 aromatic heterocycles. The van der Waals surface area contributed by atoms with E-state index in [1.807, 2.05) is 6.20 Å². The zero-order valence-electron chi connectivity index (χ0n) is 10.2. The topological polar surface area (TPSA) is 44.8 Å². The maximum Gasteiger partial charge on any atom is 0.142 e. The highest BCUT2D eigenvalue weighted by atomic mass is 15.2. The molecule has 1 unspecified atom stereocenters. The van der Waals surface area contributed by atoms with Crippen LogP contribution in [0.3, 0.4) is 0 Å². The fourth-order valence-corrected chi connectivity index (χ4v) is 2.66. The highest BCUT2D eigenvalue weighted by Crippen LogP contribution is 2.26. The summed E-state index contributed by atoms with van der Waals surface area (Å²) >= 11 is 0. The fraction of sp³-hybridized carbons (Fsp3) is 0.538. The molecule has 1 atom stereocenters. The smallest absolute Gasteiger partial charge is 0.142 e. The van der Waals surface area contributed by atoms with Gasteiger partial charge in [-0.1, -0.05) is 13.3 Å². The van der Waals surface area contributed by atoms with Gasteiger partial charge in [0.25, 0.3) is 0 Å². The number of hydrogen-bond acceptors (Lipinski definition) is 3. The van der Waals surface area contributed by atoms with E-state index in [4.69, 9.17) is 0 Å². The number of nitrogens with one attached hydrogen (secondary N) is 1. The Bertz CT molecular complexity index is 505. The maximum absolute atomic E-state index is 4.47. The van der Waals surface area contributed by atoms with Gasteiger partial charge in [0.1, 0.15) is 17.8 Å². The zero-order valence-corrected chi connectivity index (χ0v) is 10.2. The third-order valence-corrected chi connectivity index (χ3v) is 3.54. The van der Waals surface area contributed by atoms with Crippen molar-refractivity contribution in [1.82, 2.24) is 15.0 Å². The van der Waals surface area contributed by atoms with Gasteiger partial charge in [0.2, 0.25) is 0 Å². The number of anilines is 1. The molecule has 0 aromatic carbocycles. The lowest BCUT2D eigenvalue weighted by Crippen LogP contribution is -2.28. The molecule has 1 N–H and O–H groups in total. The van der Waals surface area contributed by atoms with E-state index in [2.05, 4.69) is 32.8 Å². The molecule has 2 aromatic rings. The summed E-state index contributed by atoms with van der Waals surface area (Å²) < 4.78 is 0. The molecule has 3 heterocycles. The molecule has 0 bridgehead atoms. The van der Waals surface area contributed by atoms with Crippen LogP contribution in [0.5, 0.6) is 0 Å². The Morgan fingerprint density at radius 2 is 2.29 bits per heavy atom. The summed E-state index contributed by atoms with van der Waals surface area (Å²) in [6.45, 7) is 4.55. The predicted molar refractivity (Wildman–Crippen MR) is 69.1 cm³/mol. The Morgan fingerprint density at radius 1 is 1.35 bits per heavy atom. The van der Waals surface area contributed by atoms with E-state index in [1.165, 1.54) is 19.3 Å². The minimum Gasteiger partial charge on any atom is -0.356 e. The number of aromatic amines is 1. The molecule has 0 amide bonds. The van der Waals surface area contributed by atoms with E-state index in [0.717, 1.165) is 35.9 Å². The molecule has 1 saturated heterocycles. The monoisotopic (exact) mass is 230 g/mol. The van der Waals surface area contributed by atoms with Crippen LogP contribution in [0.4, 0.5) is 5.82 Å². The molecule has 1 fully saturated rings.